The second-order valence-electron chi connectivity index (χ2n) is 7.50. The lowest BCUT2D eigenvalue weighted by Crippen LogP contribution is -2.29. The summed E-state index contributed by atoms with van der Waals surface area (Å²) in [6.45, 7) is 3.80. The van der Waals surface area contributed by atoms with Gasteiger partial charge in [0.1, 0.15) is 5.75 Å². The molecule has 1 amide bonds. The topological polar surface area (TPSA) is 68.2 Å². The average molecular weight is 425 g/mol. The minimum atomic E-state index is -0.179. The molecule has 156 valence electrons. The van der Waals surface area contributed by atoms with Crippen LogP contribution >= 0.6 is 11.6 Å². The number of hydrogen-bond acceptors (Lipinski definition) is 4. The standard InChI is InChI=1S/C23H25ClN4O2/c1-15-6-7-18(13-21(15)24)28-22(16-8-10-25-11-9-16)20(14-26-28)23(29)27-17-4-3-5-19(12-17)30-2/h3-7,12-14,16,25H,8-11H2,1-2H3,(H,27,29). The number of halogens is 1. The molecule has 2 aromatic carbocycles. The highest BCUT2D eigenvalue weighted by Crippen LogP contribution is 2.32. The quantitative estimate of drug-likeness (QED) is 0.629. The van der Waals surface area contributed by atoms with Crippen molar-refractivity contribution in [2.24, 2.45) is 0 Å². The Morgan fingerprint density at radius 2 is 2.03 bits per heavy atom. The molecule has 0 radical (unpaired) electrons. The van der Waals surface area contributed by atoms with Gasteiger partial charge in [0, 0.05) is 22.7 Å². The molecule has 0 saturated carbocycles. The third kappa shape index (κ3) is 4.20. The molecule has 1 aliphatic heterocycles. The van der Waals surface area contributed by atoms with Crippen LogP contribution in [-0.2, 0) is 0 Å². The summed E-state index contributed by atoms with van der Waals surface area (Å²) in [7, 11) is 1.60. The Balaban J connectivity index is 1.72. The van der Waals surface area contributed by atoms with Crippen molar-refractivity contribution >= 4 is 23.2 Å². The van der Waals surface area contributed by atoms with E-state index in [2.05, 4.69) is 15.7 Å². The summed E-state index contributed by atoms with van der Waals surface area (Å²) in [5.74, 6) is 0.748. The molecular weight excluding hydrogens is 400 g/mol. The maximum atomic E-state index is 13.2. The summed E-state index contributed by atoms with van der Waals surface area (Å²) in [5.41, 5.74) is 4.06. The van der Waals surface area contributed by atoms with E-state index in [4.69, 9.17) is 16.3 Å². The Bertz CT molecular complexity index is 1060. The van der Waals surface area contributed by atoms with E-state index in [0.717, 1.165) is 42.9 Å². The molecule has 0 atom stereocenters. The fourth-order valence-corrected chi connectivity index (χ4v) is 4.01. The number of rotatable bonds is 5. The van der Waals surface area contributed by atoms with Crippen LogP contribution in [0.2, 0.25) is 5.02 Å². The fourth-order valence-electron chi connectivity index (χ4n) is 3.84. The van der Waals surface area contributed by atoms with E-state index in [1.54, 1.807) is 19.4 Å². The number of carbonyl (C=O) groups is 1. The summed E-state index contributed by atoms with van der Waals surface area (Å²) in [6.07, 6.45) is 3.55. The number of anilines is 1. The minimum absolute atomic E-state index is 0.179. The first-order chi connectivity index (χ1) is 14.6. The number of amides is 1. The number of hydrogen-bond donors (Lipinski definition) is 2. The predicted molar refractivity (Wildman–Crippen MR) is 119 cm³/mol. The lowest BCUT2D eigenvalue weighted by Gasteiger charge is -2.25. The molecule has 1 aliphatic rings. The van der Waals surface area contributed by atoms with Crippen molar-refractivity contribution in [3.63, 3.8) is 0 Å². The normalized spacial score (nSPS) is 14.5. The van der Waals surface area contributed by atoms with Gasteiger partial charge in [-0.3, -0.25) is 4.79 Å². The van der Waals surface area contributed by atoms with Crippen LogP contribution in [0.4, 0.5) is 5.69 Å². The first kappa shape index (κ1) is 20.4. The number of benzene rings is 2. The molecule has 2 N–H and O–H groups in total. The lowest BCUT2D eigenvalue weighted by molar-refractivity contribution is 0.102. The van der Waals surface area contributed by atoms with Gasteiger partial charge in [-0.1, -0.05) is 23.7 Å². The van der Waals surface area contributed by atoms with E-state index in [9.17, 15) is 4.79 Å². The van der Waals surface area contributed by atoms with Crippen molar-refractivity contribution < 1.29 is 9.53 Å². The van der Waals surface area contributed by atoms with Crippen molar-refractivity contribution in [2.45, 2.75) is 25.7 Å². The molecule has 1 saturated heterocycles. The van der Waals surface area contributed by atoms with E-state index in [1.165, 1.54) is 0 Å². The van der Waals surface area contributed by atoms with Crippen molar-refractivity contribution in [1.82, 2.24) is 15.1 Å². The first-order valence-corrected chi connectivity index (χ1v) is 10.4. The zero-order valence-corrected chi connectivity index (χ0v) is 17.9. The van der Waals surface area contributed by atoms with Gasteiger partial charge in [0.2, 0.25) is 0 Å². The summed E-state index contributed by atoms with van der Waals surface area (Å²) in [5, 5.41) is 11.6. The number of ether oxygens (including phenoxy) is 1. The number of piperidine rings is 1. The Morgan fingerprint density at radius 1 is 1.23 bits per heavy atom. The molecule has 1 fully saturated rings. The first-order valence-electron chi connectivity index (χ1n) is 10.1. The minimum Gasteiger partial charge on any atom is -0.497 e. The monoisotopic (exact) mass is 424 g/mol. The number of aromatic nitrogens is 2. The Hall–Kier alpha value is -2.83. The molecule has 0 bridgehead atoms. The molecule has 2 heterocycles. The molecule has 1 aromatic heterocycles. The summed E-state index contributed by atoms with van der Waals surface area (Å²) >= 11 is 6.36. The van der Waals surface area contributed by atoms with Crippen molar-refractivity contribution in [2.75, 3.05) is 25.5 Å². The van der Waals surface area contributed by atoms with Crippen LogP contribution in [0, 0.1) is 6.92 Å². The molecule has 0 unspecified atom stereocenters. The van der Waals surface area contributed by atoms with Crippen LogP contribution < -0.4 is 15.4 Å². The second-order valence-corrected chi connectivity index (χ2v) is 7.91. The van der Waals surface area contributed by atoms with Crippen LogP contribution in [0.5, 0.6) is 5.75 Å². The Kier molecular flexibility index (Phi) is 6.06. The lowest BCUT2D eigenvalue weighted by atomic mass is 9.91. The van der Waals surface area contributed by atoms with Gasteiger partial charge in [-0.15, -0.1) is 0 Å². The molecule has 0 spiro atoms. The van der Waals surface area contributed by atoms with Gasteiger partial charge in [-0.2, -0.15) is 5.10 Å². The van der Waals surface area contributed by atoms with Crippen molar-refractivity contribution in [3.8, 4) is 11.4 Å². The van der Waals surface area contributed by atoms with Gasteiger partial charge in [0.05, 0.1) is 30.3 Å². The van der Waals surface area contributed by atoms with Crippen LogP contribution in [0.1, 0.15) is 40.4 Å². The van der Waals surface area contributed by atoms with Gasteiger partial charge in [-0.05, 0) is 62.7 Å². The smallest absolute Gasteiger partial charge is 0.259 e. The maximum absolute atomic E-state index is 13.2. The third-order valence-corrected chi connectivity index (χ3v) is 5.91. The van der Waals surface area contributed by atoms with E-state index in [1.807, 2.05) is 48.0 Å². The summed E-state index contributed by atoms with van der Waals surface area (Å²) < 4.78 is 7.12. The van der Waals surface area contributed by atoms with Crippen LogP contribution in [-0.4, -0.2) is 35.9 Å². The number of nitrogens with zero attached hydrogens (tertiary/aromatic N) is 2. The van der Waals surface area contributed by atoms with Gasteiger partial charge >= 0.3 is 0 Å². The number of methoxy groups -OCH3 is 1. The summed E-state index contributed by atoms with van der Waals surface area (Å²) in [4.78, 5) is 13.2. The Morgan fingerprint density at radius 3 is 2.77 bits per heavy atom. The highest BCUT2D eigenvalue weighted by molar-refractivity contribution is 6.31. The van der Waals surface area contributed by atoms with Crippen molar-refractivity contribution in [3.05, 3.63) is 70.5 Å². The SMILES string of the molecule is COc1cccc(NC(=O)c2cnn(-c3ccc(C)c(Cl)c3)c2C2CCNCC2)c1. The molecular formula is C23H25ClN4O2. The van der Waals surface area contributed by atoms with Gasteiger partial charge in [-0.25, -0.2) is 4.68 Å². The van der Waals surface area contributed by atoms with E-state index in [0.29, 0.717) is 22.0 Å². The third-order valence-electron chi connectivity index (χ3n) is 5.50. The largest absolute Gasteiger partial charge is 0.497 e. The van der Waals surface area contributed by atoms with Crippen LogP contribution in [0.25, 0.3) is 5.69 Å². The zero-order valence-electron chi connectivity index (χ0n) is 17.1. The predicted octanol–water partition coefficient (Wildman–Crippen LogP) is 4.56. The van der Waals surface area contributed by atoms with E-state index < -0.39 is 0 Å². The number of carbonyl (C=O) groups excluding carboxylic acids is 1. The van der Waals surface area contributed by atoms with Crippen LogP contribution in [0.15, 0.2) is 48.7 Å². The molecule has 0 aliphatic carbocycles. The van der Waals surface area contributed by atoms with E-state index in [-0.39, 0.29) is 11.8 Å². The highest BCUT2D eigenvalue weighted by atomic mass is 35.5. The fraction of sp³-hybridized carbons (Fsp3) is 0.304. The zero-order chi connectivity index (χ0) is 21.1. The number of aryl methyl sites for hydroxylation is 1. The van der Waals surface area contributed by atoms with Gasteiger partial charge in [0.25, 0.3) is 5.91 Å². The molecule has 3 aromatic rings. The molecule has 6 nitrogen and oxygen atoms in total. The molecule has 7 heteroatoms. The number of nitrogens with one attached hydrogen (secondary N) is 2. The van der Waals surface area contributed by atoms with Gasteiger partial charge in [0.15, 0.2) is 0 Å². The van der Waals surface area contributed by atoms with Gasteiger partial charge < -0.3 is 15.4 Å². The van der Waals surface area contributed by atoms with E-state index >= 15 is 0 Å². The highest BCUT2D eigenvalue weighted by Gasteiger charge is 2.27. The molecule has 30 heavy (non-hydrogen) atoms. The second kappa shape index (κ2) is 8.90. The average Bonchev–Trinajstić information content (AvgIpc) is 3.22. The summed E-state index contributed by atoms with van der Waals surface area (Å²) in [6, 6.07) is 13.2. The maximum Gasteiger partial charge on any atom is 0.259 e. The van der Waals surface area contributed by atoms with Crippen molar-refractivity contribution in [1.29, 1.82) is 0 Å². The van der Waals surface area contributed by atoms with Crippen LogP contribution in [0.3, 0.4) is 0 Å². The Labute approximate surface area is 181 Å². The molecule has 4 rings (SSSR count).